The average Bonchev–Trinajstić information content (AvgIpc) is 2.38. The quantitative estimate of drug-likeness (QED) is 0.638. The number of nitrogens with one attached hydrogen (secondary N) is 1. The summed E-state index contributed by atoms with van der Waals surface area (Å²) in [6, 6.07) is 5.87. The van der Waals surface area contributed by atoms with Crippen molar-refractivity contribution in [2.45, 2.75) is 11.8 Å². The van der Waals surface area contributed by atoms with Crippen molar-refractivity contribution >= 4 is 24.2 Å². The van der Waals surface area contributed by atoms with Gasteiger partial charge >= 0.3 is 0 Å². The maximum absolute atomic E-state index is 13.4. The molecular formula is C14H10F3NOS. The van der Waals surface area contributed by atoms with E-state index in [0.717, 1.165) is 0 Å². The van der Waals surface area contributed by atoms with E-state index in [9.17, 15) is 18.0 Å². The van der Waals surface area contributed by atoms with Crippen LogP contribution in [0.3, 0.4) is 0 Å². The van der Waals surface area contributed by atoms with E-state index in [4.69, 9.17) is 0 Å². The number of halogens is 3. The number of aryl methyl sites for hydroxylation is 1. The van der Waals surface area contributed by atoms with E-state index < -0.39 is 29.0 Å². The zero-order chi connectivity index (χ0) is 14.9. The first-order valence-corrected chi connectivity index (χ1v) is 6.08. The van der Waals surface area contributed by atoms with Gasteiger partial charge in [-0.2, -0.15) is 0 Å². The molecular weight excluding hydrogens is 287 g/mol. The Bertz CT molecular complexity index is 688. The van der Waals surface area contributed by atoms with E-state index in [0.29, 0.717) is 22.6 Å². The smallest absolute Gasteiger partial charge is 0.256 e. The number of thiol groups is 1. The summed E-state index contributed by atoms with van der Waals surface area (Å²) < 4.78 is 39.3. The number of anilines is 1. The van der Waals surface area contributed by atoms with E-state index >= 15 is 0 Å². The average molecular weight is 297 g/mol. The van der Waals surface area contributed by atoms with Crippen LogP contribution in [0.25, 0.3) is 0 Å². The highest BCUT2D eigenvalue weighted by atomic mass is 32.1. The van der Waals surface area contributed by atoms with Crippen molar-refractivity contribution in [1.82, 2.24) is 0 Å². The molecule has 20 heavy (non-hydrogen) atoms. The lowest BCUT2D eigenvalue weighted by Crippen LogP contribution is -2.15. The van der Waals surface area contributed by atoms with Crippen LogP contribution in [0.2, 0.25) is 0 Å². The summed E-state index contributed by atoms with van der Waals surface area (Å²) in [4.78, 5) is 12.6. The molecule has 2 rings (SSSR count). The highest BCUT2D eigenvalue weighted by Gasteiger charge is 2.15. The van der Waals surface area contributed by atoms with Crippen LogP contribution in [0.1, 0.15) is 15.9 Å². The topological polar surface area (TPSA) is 29.1 Å². The van der Waals surface area contributed by atoms with E-state index in [1.165, 1.54) is 6.07 Å². The number of benzene rings is 2. The second kappa shape index (κ2) is 5.58. The molecule has 0 saturated heterocycles. The predicted octanol–water partition coefficient (Wildman–Crippen LogP) is 3.95. The second-order valence-corrected chi connectivity index (χ2v) is 4.72. The van der Waals surface area contributed by atoms with E-state index in [-0.39, 0.29) is 5.56 Å². The van der Waals surface area contributed by atoms with E-state index in [1.807, 2.05) is 0 Å². The largest absolute Gasteiger partial charge is 0.319 e. The van der Waals surface area contributed by atoms with E-state index in [2.05, 4.69) is 17.9 Å². The van der Waals surface area contributed by atoms with Gasteiger partial charge in [0.1, 0.15) is 5.82 Å². The van der Waals surface area contributed by atoms with Gasteiger partial charge in [-0.1, -0.05) is 6.07 Å². The Labute approximate surface area is 119 Å². The van der Waals surface area contributed by atoms with Gasteiger partial charge in [0.25, 0.3) is 5.91 Å². The summed E-state index contributed by atoms with van der Waals surface area (Å²) in [5, 5.41) is 2.21. The first-order chi connectivity index (χ1) is 9.38. The van der Waals surface area contributed by atoms with Crippen molar-refractivity contribution in [3.05, 3.63) is 58.9 Å². The molecule has 0 saturated carbocycles. The molecule has 2 aromatic carbocycles. The Morgan fingerprint density at radius 3 is 2.40 bits per heavy atom. The second-order valence-electron chi connectivity index (χ2n) is 4.20. The zero-order valence-corrected chi connectivity index (χ0v) is 11.3. The first kappa shape index (κ1) is 14.5. The molecule has 0 aliphatic carbocycles. The van der Waals surface area contributed by atoms with Crippen LogP contribution < -0.4 is 5.32 Å². The van der Waals surface area contributed by atoms with Crippen LogP contribution in [0.15, 0.2) is 35.2 Å². The maximum Gasteiger partial charge on any atom is 0.256 e. The minimum atomic E-state index is -1.31. The molecule has 0 unspecified atom stereocenters. The summed E-state index contributed by atoms with van der Waals surface area (Å²) in [5.41, 5.74) is 0.516. The number of rotatable bonds is 2. The summed E-state index contributed by atoms with van der Waals surface area (Å²) in [7, 11) is 0. The van der Waals surface area contributed by atoms with Gasteiger partial charge < -0.3 is 5.32 Å². The monoisotopic (exact) mass is 297 g/mol. The zero-order valence-electron chi connectivity index (χ0n) is 10.4. The van der Waals surface area contributed by atoms with Crippen LogP contribution in [0, 0.1) is 24.4 Å². The normalized spacial score (nSPS) is 10.4. The molecule has 0 bridgehead atoms. The fourth-order valence-corrected chi connectivity index (χ4v) is 1.87. The van der Waals surface area contributed by atoms with Crippen LogP contribution >= 0.6 is 12.6 Å². The number of hydrogen-bond acceptors (Lipinski definition) is 2. The summed E-state index contributed by atoms with van der Waals surface area (Å²) in [6.45, 7) is 1.70. The van der Waals surface area contributed by atoms with Gasteiger partial charge in [0.15, 0.2) is 11.6 Å². The third-order valence-electron chi connectivity index (χ3n) is 2.72. The molecule has 0 atom stereocenters. The van der Waals surface area contributed by atoms with Gasteiger partial charge in [-0.15, -0.1) is 12.6 Å². The Kier molecular flexibility index (Phi) is 4.04. The van der Waals surface area contributed by atoms with Crippen molar-refractivity contribution in [3.63, 3.8) is 0 Å². The van der Waals surface area contributed by atoms with Crippen molar-refractivity contribution in [1.29, 1.82) is 0 Å². The molecule has 0 aliphatic heterocycles. The number of carbonyl (C=O) groups excluding carboxylic acids is 1. The molecule has 0 heterocycles. The molecule has 6 heteroatoms. The Morgan fingerprint density at radius 1 is 1.05 bits per heavy atom. The molecule has 104 valence electrons. The maximum atomic E-state index is 13.4. The molecule has 0 fully saturated rings. The predicted molar refractivity (Wildman–Crippen MR) is 72.7 cm³/mol. The molecule has 2 nitrogen and oxygen atoms in total. The third kappa shape index (κ3) is 2.96. The van der Waals surface area contributed by atoms with Gasteiger partial charge in [-0.3, -0.25) is 4.79 Å². The molecule has 1 amide bonds. The standard InChI is InChI=1S/C14H10F3NOS/c1-7-2-3-8(20)4-9(7)14(19)18-13-6-11(16)10(15)5-12(13)17/h2-6,20H,1H3,(H,18,19). The van der Waals surface area contributed by atoms with Crippen LogP contribution in [0.5, 0.6) is 0 Å². The van der Waals surface area contributed by atoms with Crippen molar-refractivity contribution in [2.24, 2.45) is 0 Å². The number of carbonyl (C=O) groups is 1. The molecule has 0 aromatic heterocycles. The highest BCUT2D eigenvalue weighted by molar-refractivity contribution is 7.80. The van der Waals surface area contributed by atoms with Gasteiger partial charge in [0.2, 0.25) is 0 Å². The van der Waals surface area contributed by atoms with Gasteiger partial charge in [0, 0.05) is 22.6 Å². The lowest BCUT2D eigenvalue weighted by Gasteiger charge is -2.09. The molecule has 0 radical (unpaired) electrons. The summed E-state index contributed by atoms with van der Waals surface area (Å²) in [6.07, 6.45) is 0. The number of hydrogen-bond donors (Lipinski definition) is 2. The number of amides is 1. The van der Waals surface area contributed by atoms with Gasteiger partial charge in [-0.05, 0) is 24.6 Å². The van der Waals surface area contributed by atoms with Gasteiger partial charge in [0.05, 0.1) is 5.69 Å². The molecule has 1 N–H and O–H groups in total. The Morgan fingerprint density at radius 2 is 1.70 bits per heavy atom. The Balaban J connectivity index is 2.32. The minimum Gasteiger partial charge on any atom is -0.319 e. The van der Waals surface area contributed by atoms with Gasteiger partial charge in [-0.25, -0.2) is 13.2 Å². The van der Waals surface area contributed by atoms with Crippen molar-refractivity contribution < 1.29 is 18.0 Å². The molecule has 0 aliphatic rings. The van der Waals surface area contributed by atoms with Crippen molar-refractivity contribution in [2.75, 3.05) is 5.32 Å². The Hall–Kier alpha value is -1.95. The molecule has 0 spiro atoms. The highest BCUT2D eigenvalue weighted by Crippen LogP contribution is 2.21. The first-order valence-electron chi connectivity index (χ1n) is 5.64. The molecule has 2 aromatic rings. The lowest BCUT2D eigenvalue weighted by atomic mass is 10.1. The fraction of sp³-hybridized carbons (Fsp3) is 0.0714. The lowest BCUT2D eigenvalue weighted by molar-refractivity contribution is 0.102. The van der Waals surface area contributed by atoms with Crippen molar-refractivity contribution in [3.8, 4) is 0 Å². The van der Waals surface area contributed by atoms with Crippen LogP contribution in [-0.2, 0) is 0 Å². The summed E-state index contributed by atoms with van der Waals surface area (Å²) in [5.74, 6) is -4.21. The van der Waals surface area contributed by atoms with Crippen LogP contribution in [0.4, 0.5) is 18.9 Å². The minimum absolute atomic E-state index is 0.279. The third-order valence-corrected chi connectivity index (χ3v) is 3.00. The fourth-order valence-electron chi connectivity index (χ4n) is 1.66. The SMILES string of the molecule is Cc1ccc(S)cc1C(=O)Nc1cc(F)c(F)cc1F. The van der Waals surface area contributed by atoms with Crippen LogP contribution in [-0.4, -0.2) is 5.91 Å². The van der Waals surface area contributed by atoms with E-state index in [1.54, 1.807) is 19.1 Å². The summed E-state index contributed by atoms with van der Waals surface area (Å²) >= 11 is 4.11.